The van der Waals surface area contributed by atoms with Crippen LogP contribution in [0.3, 0.4) is 0 Å². The predicted molar refractivity (Wildman–Crippen MR) is 44.5 cm³/mol. The minimum Gasteiger partial charge on any atom is -0.391 e. The van der Waals surface area contributed by atoms with Crippen LogP contribution in [0.25, 0.3) is 0 Å². The van der Waals surface area contributed by atoms with E-state index in [2.05, 4.69) is 0 Å². The summed E-state index contributed by atoms with van der Waals surface area (Å²) in [5.41, 5.74) is 0. The normalized spacial score (nSPS) is 22.0. The Morgan fingerprint density at radius 3 is 1.33 bits per heavy atom. The third-order valence-electron chi connectivity index (χ3n) is 1.88. The predicted octanol–water partition coefficient (Wildman–Crippen LogP) is -0.894. The molecule has 0 spiro atoms. The van der Waals surface area contributed by atoms with Crippen LogP contribution in [-0.2, 0) is 0 Å². The second-order valence-corrected chi connectivity index (χ2v) is 3.46. The number of aliphatic hydroxyl groups is 4. The van der Waals surface area contributed by atoms with E-state index in [1.54, 1.807) is 13.8 Å². The molecule has 0 radical (unpaired) electrons. The number of rotatable bonds is 4. The molecule has 4 N–H and O–H groups in total. The summed E-state index contributed by atoms with van der Waals surface area (Å²) in [4.78, 5) is 0. The van der Waals surface area contributed by atoms with Crippen molar-refractivity contribution in [1.29, 1.82) is 0 Å². The molecule has 0 aromatic carbocycles. The van der Waals surface area contributed by atoms with Crippen molar-refractivity contribution >= 4 is 0 Å². The summed E-state index contributed by atoms with van der Waals surface area (Å²) in [6.07, 6.45) is -4.62. The maximum absolute atomic E-state index is 9.29. The fourth-order valence-corrected chi connectivity index (χ4v) is 0.882. The van der Waals surface area contributed by atoms with Gasteiger partial charge in [0, 0.05) is 0 Å². The Hall–Kier alpha value is -0.160. The minimum atomic E-state index is -1.29. The summed E-state index contributed by atoms with van der Waals surface area (Å²) in [5, 5.41) is 36.6. The first-order chi connectivity index (χ1) is 5.37. The summed E-state index contributed by atoms with van der Waals surface area (Å²) in [5.74, 6) is -0.145. The lowest BCUT2D eigenvalue weighted by Crippen LogP contribution is -2.45. The molecule has 0 aromatic rings. The Morgan fingerprint density at radius 1 is 0.667 bits per heavy atom. The fourth-order valence-electron chi connectivity index (χ4n) is 0.882. The van der Waals surface area contributed by atoms with E-state index in [0.29, 0.717) is 0 Å². The maximum Gasteiger partial charge on any atom is 0.108 e. The smallest absolute Gasteiger partial charge is 0.108 e. The average molecular weight is 178 g/mol. The first-order valence-electron chi connectivity index (χ1n) is 4.10. The van der Waals surface area contributed by atoms with E-state index >= 15 is 0 Å². The SMILES string of the molecule is CC(C)[C@H](O)C(O)[C@@H](O)[C@H](C)O. The van der Waals surface area contributed by atoms with Gasteiger partial charge in [0.25, 0.3) is 0 Å². The van der Waals surface area contributed by atoms with Crippen LogP contribution in [0.15, 0.2) is 0 Å². The Bertz CT molecular complexity index is 110. The lowest BCUT2D eigenvalue weighted by Gasteiger charge is -2.26. The molecule has 74 valence electrons. The van der Waals surface area contributed by atoms with Gasteiger partial charge in [0.2, 0.25) is 0 Å². The van der Waals surface area contributed by atoms with E-state index in [4.69, 9.17) is 10.2 Å². The highest BCUT2D eigenvalue weighted by Gasteiger charge is 2.29. The summed E-state index contributed by atoms with van der Waals surface area (Å²) in [7, 11) is 0. The molecule has 0 saturated heterocycles. The summed E-state index contributed by atoms with van der Waals surface area (Å²) in [6, 6.07) is 0. The van der Waals surface area contributed by atoms with E-state index in [0.717, 1.165) is 0 Å². The van der Waals surface area contributed by atoms with Crippen LogP contribution in [0.1, 0.15) is 20.8 Å². The van der Waals surface area contributed by atoms with Crippen LogP contribution in [0.4, 0.5) is 0 Å². The van der Waals surface area contributed by atoms with Crippen LogP contribution in [0, 0.1) is 5.92 Å². The Balaban J connectivity index is 4.08. The third kappa shape index (κ3) is 3.06. The molecule has 0 aromatic heterocycles. The number of hydrogen-bond acceptors (Lipinski definition) is 4. The highest BCUT2D eigenvalue weighted by atomic mass is 16.4. The second kappa shape index (κ2) is 4.77. The zero-order valence-corrected chi connectivity index (χ0v) is 7.68. The van der Waals surface area contributed by atoms with Gasteiger partial charge >= 0.3 is 0 Å². The summed E-state index contributed by atoms with van der Waals surface area (Å²) < 4.78 is 0. The molecular weight excluding hydrogens is 160 g/mol. The molecular formula is C8H18O4. The van der Waals surface area contributed by atoms with Gasteiger partial charge in [-0.05, 0) is 12.8 Å². The van der Waals surface area contributed by atoms with Gasteiger partial charge < -0.3 is 20.4 Å². The Labute approximate surface area is 72.5 Å². The molecule has 0 aliphatic heterocycles. The standard InChI is InChI=1S/C8H18O4/c1-4(2)6(10)8(12)7(11)5(3)9/h4-12H,1-3H3/t5-,6-,7-,8?/m0/s1. The van der Waals surface area contributed by atoms with E-state index in [-0.39, 0.29) is 5.92 Å². The monoisotopic (exact) mass is 178 g/mol. The molecule has 0 heterocycles. The maximum atomic E-state index is 9.29. The van der Waals surface area contributed by atoms with Crippen molar-refractivity contribution < 1.29 is 20.4 Å². The molecule has 4 heteroatoms. The quantitative estimate of drug-likeness (QED) is 0.450. The lowest BCUT2D eigenvalue weighted by molar-refractivity contribution is -0.111. The molecule has 1 unspecified atom stereocenters. The van der Waals surface area contributed by atoms with Gasteiger partial charge in [0.1, 0.15) is 12.2 Å². The molecule has 0 aliphatic rings. The van der Waals surface area contributed by atoms with Crippen molar-refractivity contribution in [3.63, 3.8) is 0 Å². The van der Waals surface area contributed by atoms with Crippen molar-refractivity contribution in [2.45, 2.75) is 45.2 Å². The van der Waals surface area contributed by atoms with Gasteiger partial charge in [-0.1, -0.05) is 13.8 Å². The van der Waals surface area contributed by atoms with Gasteiger partial charge in [0.05, 0.1) is 12.2 Å². The number of aliphatic hydroxyl groups excluding tert-OH is 4. The zero-order chi connectivity index (χ0) is 9.89. The van der Waals surface area contributed by atoms with Crippen LogP contribution in [-0.4, -0.2) is 44.8 Å². The van der Waals surface area contributed by atoms with Crippen molar-refractivity contribution in [1.82, 2.24) is 0 Å². The van der Waals surface area contributed by atoms with Crippen molar-refractivity contribution in [3.05, 3.63) is 0 Å². The molecule has 4 nitrogen and oxygen atoms in total. The van der Waals surface area contributed by atoms with E-state index in [9.17, 15) is 10.2 Å². The van der Waals surface area contributed by atoms with Gasteiger partial charge in [-0.25, -0.2) is 0 Å². The molecule has 0 saturated carbocycles. The molecule has 0 aliphatic carbocycles. The van der Waals surface area contributed by atoms with Crippen LogP contribution in [0.5, 0.6) is 0 Å². The lowest BCUT2D eigenvalue weighted by atomic mass is 9.96. The summed E-state index contributed by atoms with van der Waals surface area (Å²) >= 11 is 0. The van der Waals surface area contributed by atoms with Crippen molar-refractivity contribution in [3.8, 4) is 0 Å². The van der Waals surface area contributed by atoms with E-state index < -0.39 is 24.4 Å². The van der Waals surface area contributed by atoms with E-state index in [1.807, 2.05) is 0 Å². The molecule has 0 rings (SSSR count). The Morgan fingerprint density at radius 2 is 1.08 bits per heavy atom. The van der Waals surface area contributed by atoms with Crippen LogP contribution >= 0.6 is 0 Å². The van der Waals surface area contributed by atoms with Crippen molar-refractivity contribution in [2.24, 2.45) is 5.92 Å². The highest BCUT2D eigenvalue weighted by Crippen LogP contribution is 2.11. The Kier molecular flexibility index (Phi) is 4.70. The topological polar surface area (TPSA) is 80.9 Å². The zero-order valence-electron chi connectivity index (χ0n) is 7.68. The fraction of sp³-hybridized carbons (Fsp3) is 1.00. The number of hydrogen-bond donors (Lipinski definition) is 4. The minimum absolute atomic E-state index is 0.145. The third-order valence-corrected chi connectivity index (χ3v) is 1.88. The van der Waals surface area contributed by atoms with Gasteiger partial charge in [-0.2, -0.15) is 0 Å². The van der Waals surface area contributed by atoms with Crippen molar-refractivity contribution in [2.75, 3.05) is 0 Å². The second-order valence-electron chi connectivity index (χ2n) is 3.46. The van der Waals surface area contributed by atoms with Gasteiger partial charge in [0.15, 0.2) is 0 Å². The summed E-state index contributed by atoms with van der Waals surface area (Å²) in [6.45, 7) is 4.81. The van der Waals surface area contributed by atoms with Crippen LogP contribution < -0.4 is 0 Å². The first kappa shape index (κ1) is 11.8. The highest BCUT2D eigenvalue weighted by molar-refractivity contribution is 4.80. The molecule has 4 atom stereocenters. The first-order valence-corrected chi connectivity index (χ1v) is 4.10. The van der Waals surface area contributed by atoms with Crippen LogP contribution in [0.2, 0.25) is 0 Å². The largest absolute Gasteiger partial charge is 0.391 e. The van der Waals surface area contributed by atoms with Gasteiger partial charge in [-0.15, -0.1) is 0 Å². The van der Waals surface area contributed by atoms with Gasteiger partial charge in [-0.3, -0.25) is 0 Å². The molecule has 12 heavy (non-hydrogen) atoms. The molecule has 0 bridgehead atoms. The average Bonchev–Trinajstić information content (AvgIpc) is 2.00. The van der Waals surface area contributed by atoms with E-state index in [1.165, 1.54) is 6.92 Å². The molecule has 0 amide bonds. The molecule has 0 fully saturated rings.